The lowest BCUT2D eigenvalue weighted by atomic mass is 9.66. The third-order valence-corrected chi connectivity index (χ3v) is 5.28. The molecule has 2 aliphatic heterocycles. The molecule has 1 atom stereocenters. The van der Waals surface area contributed by atoms with Gasteiger partial charge < -0.3 is 14.4 Å². The van der Waals surface area contributed by atoms with Gasteiger partial charge in [0.15, 0.2) is 0 Å². The van der Waals surface area contributed by atoms with Gasteiger partial charge in [-0.05, 0) is 30.7 Å². The standard InChI is InChI=1S/C16H25N3O3/c1-18-7-3-14(17-18)15(20)19-8-4-16(5-9-19)6-10-22-12-13(16)11-21-2/h3,7,13H,4-6,8-12H2,1-2H3/t13-/m1/s1. The number of aromatic nitrogens is 2. The van der Waals surface area contributed by atoms with Gasteiger partial charge in [-0.3, -0.25) is 9.48 Å². The molecule has 122 valence electrons. The Kier molecular flexibility index (Phi) is 4.49. The number of hydrogen-bond acceptors (Lipinski definition) is 4. The zero-order valence-corrected chi connectivity index (χ0v) is 13.5. The van der Waals surface area contributed by atoms with Gasteiger partial charge in [-0.25, -0.2) is 0 Å². The van der Waals surface area contributed by atoms with E-state index < -0.39 is 0 Å². The van der Waals surface area contributed by atoms with Gasteiger partial charge in [0.1, 0.15) is 5.69 Å². The Labute approximate surface area is 131 Å². The van der Waals surface area contributed by atoms with Gasteiger partial charge in [0, 0.05) is 46.0 Å². The van der Waals surface area contributed by atoms with Crippen LogP contribution in [0, 0.1) is 11.3 Å². The molecular weight excluding hydrogens is 282 g/mol. The summed E-state index contributed by atoms with van der Waals surface area (Å²) in [7, 11) is 3.58. The van der Waals surface area contributed by atoms with Crippen molar-refractivity contribution < 1.29 is 14.3 Å². The van der Waals surface area contributed by atoms with Gasteiger partial charge >= 0.3 is 0 Å². The molecule has 1 spiro atoms. The maximum absolute atomic E-state index is 12.5. The minimum atomic E-state index is 0.0470. The Bertz CT molecular complexity index is 518. The molecule has 0 saturated carbocycles. The maximum Gasteiger partial charge on any atom is 0.274 e. The predicted octanol–water partition coefficient (Wildman–Crippen LogP) is 1.33. The van der Waals surface area contributed by atoms with Crippen LogP contribution in [0.5, 0.6) is 0 Å². The average molecular weight is 307 g/mol. The number of rotatable bonds is 3. The molecule has 0 N–H and O–H groups in total. The first kappa shape index (κ1) is 15.5. The molecule has 22 heavy (non-hydrogen) atoms. The van der Waals surface area contributed by atoms with E-state index in [1.54, 1.807) is 17.9 Å². The number of carbonyl (C=O) groups is 1. The quantitative estimate of drug-likeness (QED) is 0.845. The Morgan fingerprint density at radius 1 is 1.45 bits per heavy atom. The summed E-state index contributed by atoms with van der Waals surface area (Å²) in [6.07, 6.45) is 4.95. The molecular formula is C16H25N3O3. The molecule has 0 radical (unpaired) electrons. The third-order valence-electron chi connectivity index (χ3n) is 5.28. The van der Waals surface area contributed by atoms with E-state index in [-0.39, 0.29) is 11.3 Å². The van der Waals surface area contributed by atoms with Crippen LogP contribution in [0.4, 0.5) is 0 Å². The van der Waals surface area contributed by atoms with Crippen molar-refractivity contribution in [3.8, 4) is 0 Å². The predicted molar refractivity (Wildman–Crippen MR) is 81.6 cm³/mol. The molecule has 3 rings (SSSR count). The number of methoxy groups -OCH3 is 1. The highest BCUT2D eigenvalue weighted by Crippen LogP contribution is 2.44. The van der Waals surface area contributed by atoms with Crippen molar-refractivity contribution in [1.82, 2.24) is 14.7 Å². The normalized spacial score (nSPS) is 24.6. The molecule has 3 heterocycles. The molecule has 2 aliphatic rings. The van der Waals surface area contributed by atoms with Crippen molar-refractivity contribution in [1.29, 1.82) is 0 Å². The van der Waals surface area contributed by atoms with Crippen molar-refractivity contribution >= 4 is 5.91 Å². The second-order valence-corrected chi connectivity index (χ2v) is 6.51. The summed E-state index contributed by atoms with van der Waals surface area (Å²) in [5.74, 6) is 0.490. The van der Waals surface area contributed by atoms with Crippen LogP contribution in [0.25, 0.3) is 0 Å². The lowest BCUT2D eigenvalue weighted by Crippen LogP contribution is -2.50. The van der Waals surface area contributed by atoms with E-state index in [9.17, 15) is 4.79 Å². The molecule has 1 aromatic heterocycles. The van der Waals surface area contributed by atoms with E-state index in [2.05, 4.69) is 5.10 Å². The average Bonchev–Trinajstić information content (AvgIpc) is 2.97. The van der Waals surface area contributed by atoms with Gasteiger partial charge in [-0.1, -0.05) is 0 Å². The summed E-state index contributed by atoms with van der Waals surface area (Å²) in [6, 6.07) is 1.79. The molecule has 1 aromatic rings. The number of likely N-dealkylation sites (tertiary alicyclic amines) is 1. The first-order valence-corrected chi connectivity index (χ1v) is 8.00. The van der Waals surface area contributed by atoms with Crippen LogP contribution in [0.1, 0.15) is 29.8 Å². The Hall–Kier alpha value is -1.40. The fourth-order valence-corrected chi connectivity index (χ4v) is 3.81. The van der Waals surface area contributed by atoms with Gasteiger partial charge in [0.2, 0.25) is 0 Å². The number of amides is 1. The monoisotopic (exact) mass is 307 g/mol. The van der Waals surface area contributed by atoms with E-state index in [4.69, 9.17) is 9.47 Å². The SMILES string of the molecule is COC[C@@H]1COCCC12CCN(C(=O)c1ccn(C)n1)CC2. The molecule has 2 saturated heterocycles. The number of piperidine rings is 1. The molecule has 0 aromatic carbocycles. The molecule has 2 fully saturated rings. The summed E-state index contributed by atoms with van der Waals surface area (Å²) in [4.78, 5) is 14.4. The highest BCUT2D eigenvalue weighted by Gasteiger charge is 2.44. The van der Waals surface area contributed by atoms with Gasteiger partial charge in [-0.15, -0.1) is 0 Å². The molecule has 6 heteroatoms. The van der Waals surface area contributed by atoms with Crippen LogP contribution in [0.15, 0.2) is 12.3 Å². The van der Waals surface area contributed by atoms with Crippen LogP contribution in [-0.4, -0.2) is 60.6 Å². The number of aryl methyl sites for hydroxylation is 1. The van der Waals surface area contributed by atoms with Crippen LogP contribution in [0.3, 0.4) is 0 Å². The Balaban J connectivity index is 1.65. The minimum absolute atomic E-state index is 0.0470. The van der Waals surface area contributed by atoms with E-state index in [1.165, 1.54) is 0 Å². The van der Waals surface area contributed by atoms with Crippen molar-refractivity contribution in [3.05, 3.63) is 18.0 Å². The zero-order valence-electron chi connectivity index (χ0n) is 13.5. The molecule has 6 nitrogen and oxygen atoms in total. The molecule has 0 bridgehead atoms. The van der Waals surface area contributed by atoms with Crippen molar-refractivity contribution in [3.63, 3.8) is 0 Å². The van der Waals surface area contributed by atoms with Crippen LogP contribution < -0.4 is 0 Å². The van der Waals surface area contributed by atoms with E-state index in [0.29, 0.717) is 11.6 Å². The lowest BCUT2D eigenvalue weighted by molar-refractivity contribution is -0.0912. The lowest BCUT2D eigenvalue weighted by Gasteiger charge is -2.48. The zero-order chi connectivity index (χ0) is 15.6. The number of ether oxygens (including phenoxy) is 2. The summed E-state index contributed by atoms with van der Waals surface area (Å²) >= 11 is 0. The van der Waals surface area contributed by atoms with Gasteiger partial charge in [-0.2, -0.15) is 5.10 Å². The summed E-state index contributed by atoms with van der Waals surface area (Å²) in [6.45, 7) is 3.95. The maximum atomic E-state index is 12.5. The van der Waals surface area contributed by atoms with Crippen LogP contribution in [-0.2, 0) is 16.5 Å². The summed E-state index contributed by atoms with van der Waals surface area (Å²) in [5, 5.41) is 4.22. The second-order valence-electron chi connectivity index (χ2n) is 6.51. The summed E-state index contributed by atoms with van der Waals surface area (Å²) in [5.41, 5.74) is 0.814. The fourth-order valence-electron chi connectivity index (χ4n) is 3.81. The fraction of sp³-hybridized carbons (Fsp3) is 0.750. The smallest absolute Gasteiger partial charge is 0.274 e. The minimum Gasteiger partial charge on any atom is -0.384 e. The van der Waals surface area contributed by atoms with E-state index >= 15 is 0 Å². The van der Waals surface area contributed by atoms with Crippen molar-refractivity contribution in [2.45, 2.75) is 19.3 Å². The summed E-state index contributed by atoms with van der Waals surface area (Å²) < 4.78 is 12.7. The topological polar surface area (TPSA) is 56.6 Å². The van der Waals surface area contributed by atoms with Gasteiger partial charge in [0.05, 0.1) is 13.2 Å². The van der Waals surface area contributed by atoms with Crippen molar-refractivity contribution in [2.75, 3.05) is 40.0 Å². The Morgan fingerprint density at radius 3 is 2.86 bits per heavy atom. The first-order valence-electron chi connectivity index (χ1n) is 8.00. The van der Waals surface area contributed by atoms with Crippen LogP contribution >= 0.6 is 0 Å². The van der Waals surface area contributed by atoms with E-state index in [0.717, 1.165) is 52.2 Å². The largest absolute Gasteiger partial charge is 0.384 e. The third kappa shape index (κ3) is 2.90. The van der Waals surface area contributed by atoms with Crippen LogP contribution in [0.2, 0.25) is 0 Å². The highest BCUT2D eigenvalue weighted by atomic mass is 16.5. The van der Waals surface area contributed by atoms with Gasteiger partial charge in [0.25, 0.3) is 5.91 Å². The Morgan fingerprint density at radius 2 is 2.23 bits per heavy atom. The van der Waals surface area contributed by atoms with E-state index in [1.807, 2.05) is 18.1 Å². The number of nitrogens with zero attached hydrogens (tertiary/aromatic N) is 3. The first-order chi connectivity index (χ1) is 10.6. The molecule has 0 aliphatic carbocycles. The second kappa shape index (κ2) is 6.38. The number of carbonyl (C=O) groups excluding carboxylic acids is 1. The van der Waals surface area contributed by atoms with Crippen molar-refractivity contribution in [2.24, 2.45) is 18.4 Å². The molecule has 1 amide bonds. The molecule has 0 unspecified atom stereocenters. The number of hydrogen-bond donors (Lipinski definition) is 0. The highest BCUT2D eigenvalue weighted by molar-refractivity contribution is 5.92.